The monoisotopic (exact) mass is 552 g/mol. The predicted octanol–water partition coefficient (Wildman–Crippen LogP) is 4.58. The summed E-state index contributed by atoms with van der Waals surface area (Å²) in [4.78, 5) is 24.5. The second-order valence-electron chi connectivity index (χ2n) is 10.0. The van der Waals surface area contributed by atoms with Crippen LogP contribution in [0.25, 0.3) is 0 Å². The molecule has 3 N–H and O–H groups in total. The fraction of sp³-hybridized carbons (Fsp3) is 0.303. The minimum Gasteiger partial charge on any atom is -0.465 e. The van der Waals surface area contributed by atoms with E-state index >= 15 is 0 Å². The third-order valence-corrected chi connectivity index (χ3v) is 6.86. The fourth-order valence-corrected chi connectivity index (χ4v) is 4.56. The largest absolute Gasteiger partial charge is 0.465 e. The van der Waals surface area contributed by atoms with Crippen LogP contribution in [-0.2, 0) is 32.6 Å². The summed E-state index contributed by atoms with van der Waals surface area (Å²) in [6.07, 6.45) is 3.44. The van der Waals surface area contributed by atoms with E-state index in [1.807, 2.05) is 91.3 Å². The molecule has 214 valence electrons. The number of rotatable bonds is 17. The van der Waals surface area contributed by atoms with Crippen molar-refractivity contribution in [1.82, 2.24) is 30.4 Å². The number of carboxylic acid groups (broad SMARTS) is 1. The first kappa shape index (κ1) is 29.9. The molecule has 0 spiro atoms. The third-order valence-electron chi connectivity index (χ3n) is 6.86. The standard InChI is InChI=1S/C33H40N6O2/c40-33(41)39(21-16-28-8-2-1-3-9-28)27-30-14-12-29(13-15-30)26-38(22-19-34-24-31-10-4-6-17-36-31)23-20-35-25-32-11-5-7-18-37-32/h1-15,17-18,34-35H,16,19-27H2,(H,40,41). The first-order valence-electron chi connectivity index (χ1n) is 14.2. The Morgan fingerprint density at radius 2 is 1.17 bits per heavy atom. The molecule has 4 aromatic rings. The average molecular weight is 553 g/mol. The molecule has 8 nitrogen and oxygen atoms in total. The van der Waals surface area contributed by atoms with Gasteiger partial charge in [0.1, 0.15) is 0 Å². The molecule has 0 fully saturated rings. The molecule has 1 amide bonds. The number of carbonyl (C=O) groups is 1. The molecule has 0 aliphatic carbocycles. The van der Waals surface area contributed by atoms with Crippen LogP contribution in [0, 0.1) is 0 Å². The summed E-state index contributed by atoms with van der Waals surface area (Å²) < 4.78 is 0. The fourth-order valence-electron chi connectivity index (χ4n) is 4.56. The van der Waals surface area contributed by atoms with Crippen LogP contribution in [0.2, 0.25) is 0 Å². The normalized spacial score (nSPS) is 11.0. The van der Waals surface area contributed by atoms with Crippen LogP contribution in [0.4, 0.5) is 4.79 Å². The van der Waals surface area contributed by atoms with Gasteiger partial charge in [-0.1, -0.05) is 66.7 Å². The molecule has 0 atom stereocenters. The number of hydrogen-bond donors (Lipinski definition) is 3. The van der Waals surface area contributed by atoms with Crippen LogP contribution >= 0.6 is 0 Å². The second-order valence-corrected chi connectivity index (χ2v) is 10.0. The summed E-state index contributed by atoms with van der Waals surface area (Å²) in [7, 11) is 0. The van der Waals surface area contributed by atoms with E-state index in [-0.39, 0.29) is 0 Å². The van der Waals surface area contributed by atoms with Gasteiger partial charge in [-0.2, -0.15) is 0 Å². The maximum atomic E-state index is 11.9. The Morgan fingerprint density at radius 3 is 1.68 bits per heavy atom. The molecular weight excluding hydrogens is 512 g/mol. The van der Waals surface area contributed by atoms with Crippen LogP contribution in [0.1, 0.15) is 28.1 Å². The lowest BCUT2D eigenvalue weighted by molar-refractivity contribution is 0.143. The molecule has 8 heteroatoms. The van der Waals surface area contributed by atoms with Crippen LogP contribution < -0.4 is 10.6 Å². The van der Waals surface area contributed by atoms with Gasteiger partial charge >= 0.3 is 6.09 Å². The smallest absolute Gasteiger partial charge is 0.407 e. The number of hydrogen-bond acceptors (Lipinski definition) is 6. The van der Waals surface area contributed by atoms with E-state index in [9.17, 15) is 9.90 Å². The van der Waals surface area contributed by atoms with Crippen molar-refractivity contribution >= 4 is 6.09 Å². The molecule has 41 heavy (non-hydrogen) atoms. The second kappa shape index (κ2) is 16.9. The van der Waals surface area contributed by atoms with Gasteiger partial charge in [0, 0.05) is 71.3 Å². The Labute approximate surface area is 243 Å². The molecule has 0 saturated heterocycles. The van der Waals surface area contributed by atoms with Crippen molar-refractivity contribution in [2.24, 2.45) is 0 Å². The Hall–Kier alpha value is -4.11. The lowest BCUT2D eigenvalue weighted by Gasteiger charge is -2.23. The maximum Gasteiger partial charge on any atom is 0.407 e. The van der Waals surface area contributed by atoms with Crippen molar-refractivity contribution in [1.29, 1.82) is 0 Å². The third kappa shape index (κ3) is 11.1. The number of benzene rings is 2. The number of amides is 1. The van der Waals surface area contributed by atoms with Crippen LogP contribution in [-0.4, -0.2) is 63.7 Å². The zero-order valence-electron chi connectivity index (χ0n) is 23.5. The Kier molecular flexibility index (Phi) is 12.3. The van der Waals surface area contributed by atoms with Crippen LogP contribution in [0.5, 0.6) is 0 Å². The van der Waals surface area contributed by atoms with Crippen LogP contribution in [0.15, 0.2) is 103 Å². The van der Waals surface area contributed by atoms with Gasteiger partial charge in [-0.3, -0.25) is 14.9 Å². The molecule has 0 radical (unpaired) electrons. The van der Waals surface area contributed by atoms with Crippen molar-refractivity contribution in [3.05, 3.63) is 131 Å². The quantitative estimate of drug-likeness (QED) is 0.165. The van der Waals surface area contributed by atoms with E-state index in [0.29, 0.717) is 19.5 Å². The predicted molar refractivity (Wildman–Crippen MR) is 162 cm³/mol. The Balaban J connectivity index is 1.28. The molecule has 2 heterocycles. The number of aromatic nitrogens is 2. The summed E-state index contributed by atoms with van der Waals surface area (Å²) in [5.41, 5.74) is 5.40. The van der Waals surface area contributed by atoms with Crippen molar-refractivity contribution < 1.29 is 9.90 Å². The molecule has 4 rings (SSSR count). The van der Waals surface area contributed by atoms with Gasteiger partial charge in [-0.25, -0.2) is 4.79 Å². The lowest BCUT2D eigenvalue weighted by atomic mass is 10.1. The van der Waals surface area contributed by atoms with Crippen molar-refractivity contribution in [2.75, 3.05) is 32.7 Å². The van der Waals surface area contributed by atoms with Crippen molar-refractivity contribution in [3.63, 3.8) is 0 Å². The summed E-state index contributed by atoms with van der Waals surface area (Å²) in [6.45, 7) is 6.63. The summed E-state index contributed by atoms with van der Waals surface area (Å²) >= 11 is 0. The van der Waals surface area contributed by atoms with Gasteiger partial charge in [-0.05, 0) is 47.4 Å². The van der Waals surface area contributed by atoms with E-state index < -0.39 is 6.09 Å². The van der Waals surface area contributed by atoms with Gasteiger partial charge < -0.3 is 20.6 Å². The van der Waals surface area contributed by atoms with E-state index in [4.69, 9.17) is 0 Å². The highest BCUT2D eigenvalue weighted by atomic mass is 16.4. The molecule has 0 unspecified atom stereocenters. The Bertz CT molecular complexity index is 1230. The van der Waals surface area contributed by atoms with E-state index in [0.717, 1.165) is 68.3 Å². The van der Waals surface area contributed by atoms with Gasteiger partial charge in [0.05, 0.1) is 11.4 Å². The summed E-state index contributed by atoms with van der Waals surface area (Å²) in [6, 6.07) is 30.2. The van der Waals surface area contributed by atoms with Crippen molar-refractivity contribution in [2.45, 2.75) is 32.6 Å². The summed E-state index contributed by atoms with van der Waals surface area (Å²) in [5, 5.41) is 16.7. The minimum absolute atomic E-state index is 0.376. The number of nitrogens with one attached hydrogen (secondary N) is 2. The molecular formula is C33H40N6O2. The topological polar surface area (TPSA) is 93.6 Å². The molecule has 2 aromatic carbocycles. The highest BCUT2D eigenvalue weighted by Gasteiger charge is 2.13. The van der Waals surface area contributed by atoms with Crippen molar-refractivity contribution in [3.8, 4) is 0 Å². The van der Waals surface area contributed by atoms with Gasteiger partial charge in [-0.15, -0.1) is 0 Å². The first-order valence-corrected chi connectivity index (χ1v) is 14.2. The Morgan fingerprint density at radius 1 is 0.634 bits per heavy atom. The molecule has 0 aliphatic heterocycles. The molecule has 0 bridgehead atoms. The van der Waals surface area contributed by atoms with Gasteiger partial charge in [0.2, 0.25) is 0 Å². The molecule has 0 aliphatic rings. The van der Waals surface area contributed by atoms with Gasteiger partial charge in [0.25, 0.3) is 0 Å². The highest BCUT2D eigenvalue weighted by molar-refractivity contribution is 5.65. The van der Waals surface area contributed by atoms with E-state index in [1.54, 1.807) is 0 Å². The van der Waals surface area contributed by atoms with E-state index in [1.165, 1.54) is 10.5 Å². The van der Waals surface area contributed by atoms with Gasteiger partial charge in [0.15, 0.2) is 0 Å². The highest BCUT2D eigenvalue weighted by Crippen LogP contribution is 2.12. The minimum atomic E-state index is -0.896. The van der Waals surface area contributed by atoms with E-state index in [2.05, 4.69) is 37.6 Å². The molecule has 2 aromatic heterocycles. The zero-order chi connectivity index (χ0) is 28.5. The summed E-state index contributed by atoms with van der Waals surface area (Å²) in [5.74, 6) is 0. The maximum absolute atomic E-state index is 11.9. The SMILES string of the molecule is O=C(O)N(CCc1ccccc1)Cc1ccc(CN(CCNCc2ccccn2)CCNCc2ccccn2)cc1. The average Bonchev–Trinajstić information content (AvgIpc) is 3.01. The molecule has 0 saturated carbocycles. The number of pyridine rings is 2. The van der Waals surface area contributed by atoms with Crippen LogP contribution in [0.3, 0.4) is 0 Å². The number of nitrogens with zero attached hydrogens (tertiary/aromatic N) is 4. The lowest BCUT2D eigenvalue weighted by Crippen LogP contribution is -2.36. The zero-order valence-corrected chi connectivity index (χ0v) is 23.5. The first-order chi connectivity index (χ1) is 20.2.